The Labute approximate surface area is 242 Å². The monoisotopic (exact) mass is 586 g/mol. The summed E-state index contributed by atoms with van der Waals surface area (Å²) < 4.78 is 55.6. The van der Waals surface area contributed by atoms with Gasteiger partial charge in [0.05, 0.1) is 24.3 Å². The van der Waals surface area contributed by atoms with E-state index in [1.54, 1.807) is 4.90 Å². The number of rotatable bonds is 5. The lowest BCUT2D eigenvalue weighted by Crippen LogP contribution is -2.49. The Morgan fingerprint density at radius 2 is 1.95 bits per heavy atom. The van der Waals surface area contributed by atoms with E-state index in [1.807, 2.05) is 0 Å². The summed E-state index contributed by atoms with van der Waals surface area (Å²) in [5.74, 6) is -1.02. The molecule has 0 radical (unpaired) electrons. The third-order valence-electron chi connectivity index (χ3n) is 7.05. The highest BCUT2D eigenvalue weighted by Crippen LogP contribution is 2.38. The Morgan fingerprint density at radius 1 is 1.16 bits per heavy atom. The number of aromatic hydroxyl groups is 1. The average Bonchev–Trinajstić information content (AvgIpc) is 3.53. The second-order valence-corrected chi connectivity index (χ2v) is 9.52. The van der Waals surface area contributed by atoms with Crippen molar-refractivity contribution in [2.45, 2.75) is 0 Å². The molecule has 5 aromatic rings. The highest BCUT2D eigenvalue weighted by Gasteiger charge is 2.28. The number of phenolic OH excluding ortho intramolecular Hbond substituents is 1. The number of carbonyl (C=O) groups excluding carboxylic acids is 1. The molecule has 4 heterocycles. The molecular formula is C30H21F3N6O4. The molecule has 1 aliphatic rings. The Kier molecular flexibility index (Phi) is 7.03. The van der Waals surface area contributed by atoms with E-state index in [0.717, 1.165) is 6.08 Å². The molecule has 1 aliphatic heterocycles. The second-order valence-electron chi connectivity index (χ2n) is 9.52. The molecule has 6 rings (SSSR count). The summed E-state index contributed by atoms with van der Waals surface area (Å²) in [5.41, 5.74) is -0.381. The van der Waals surface area contributed by atoms with E-state index < -0.39 is 23.4 Å². The molecule has 216 valence electrons. The van der Waals surface area contributed by atoms with Crippen molar-refractivity contribution in [1.29, 1.82) is 0 Å². The zero-order valence-corrected chi connectivity index (χ0v) is 22.5. The predicted octanol–water partition coefficient (Wildman–Crippen LogP) is 4.47. The predicted molar refractivity (Wildman–Crippen MR) is 151 cm³/mol. The van der Waals surface area contributed by atoms with Crippen LogP contribution in [0.15, 0.2) is 53.2 Å². The molecule has 1 amide bonds. The number of hydrogen-bond acceptors (Lipinski definition) is 9. The van der Waals surface area contributed by atoms with E-state index in [1.165, 1.54) is 54.9 Å². The Morgan fingerprint density at radius 3 is 2.65 bits per heavy atom. The summed E-state index contributed by atoms with van der Waals surface area (Å²) >= 11 is 0. The molecule has 0 bridgehead atoms. The topological polar surface area (TPSA) is 118 Å². The number of pyridine rings is 1. The number of piperazine rings is 1. The molecule has 0 spiro atoms. The van der Waals surface area contributed by atoms with Gasteiger partial charge in [0.25, 0.3) is 5.91 Å². The molecular weight excluding hydrogens is 565 g/mol. The number of oxazole rings is 1. The van der Waals surface area contributed by atoms with Crippen molar-refractivity contribution in [1.82, 2.24) is 24.8 Å². The molecule has 1 fully saturated rings. The van der Waals surface area contributed by atoms with Crippen molar-refractivity contribution in [3.63, 3.8) is 0 Å². The van der Waals surface area contributed by atoms with Crippen LogP contribution in [0.3, 0.4) is 0 Å². The van der Waals surface area contributed by atoms with Gasteiger partial charge >= 0.3 is 6.01 Å². The molecule has 1 saturated heterocycles. The number of amides is 1. The summed E-state index contributed by atoms with van der Waals surface area (Å²) in [5, 5.41) is 11.2. The first-order valence-electron chi connectivity index (χ1n) is 12.9. The van der Waals surface area contributed by atoms with E-state index in [0.29, 0.717) is 11.2 Å². The molecule has 43 heavy (non-hydrogen) atoms. The van der Waals surface area contributed by atoms with Crippen LogP contribution in [-0.2, 0) is 4.79 Å². The fourth-order valence-corrected chi connectivity index (χ4v) is 5.04. The maximum Gasteiger partial charge on any atom is 0.318 e. The number of hydrogen-bond donors (Lipinski definition) is 1. The van der Waals surface area contributed by atoms with Crippen molar-refractivity contribution in [3.8, 4) is 35.4 Å². The Balaban J connectivity index is 1.37. The van der Waals surface area contributed by atoms with Gasteiger partial charge in [0.1, 0.15) is 34.9 Å². The maximum absolute atomic E-state index is 16.3. The minimum absolute atomic E-state index is 0.0303. The van der Waals surface area contributed by atoms with Gasteiger partial charge in [-0.15, -0.1) is 6.42 Å². The fraction of sp³-hybridized carbons (Fsp3) is 0.167. The maximum atomic E-state index is 16.3. The Hall–Kier alpha value is -5.64. The van der Waals surface area contributed by atoms with Crippen molar-refractivity contribution < 1.29 is 32.2 Å². The summed E-state index contributed by atoms with van der Waals surface area (Å²) in [6.07, 6.45) is 10.5. The molecule has 10 nitrogen and oxygen atoms in total. The highest BCUT2D eigenvalue weighted by molar-refractivity contribution is 6.03. The molecule has 0 unspecified atom stereocenters. The number of methoxy groups -OCH3 is 1. The summed E-state index contributed by atoms with van der Waals surface area (Å²) in [7, 11) is 1.33. The molecule has 0 atom stereocenters. The summed E-state index contributed by atoms with van der Waals surface area (Å²) in [6, 6.07) is 5.11. The SMILES string of the molecule is C#Cc1c(F)ccc2cc(O)cc(-c3ncc4c(N5CCN(C(=O)/C(F)=C/c6ncco6)CC5)nc(OC)nc4c3F)c12. The first-order chi connectivity index (χ1) is 20.8. The summed E-state index contributed by atoms with van der Waals surface area (Å²) in [4.78, 5) is 32.5. The number of halogens is 3. The van der Waals surface area contributed by atoms with E-state index in [4.69, 9.17) is 15.6 Å². The van der Waals surface area contributed by atoms with Crippen molar-refractivity contribution in [3.05, 3.63) is 71.8 Å². The molecule has 0 aliphatic carbocycles. The van der Waals surface area contributed by atoms with E-state index >= 15 is 4.39 Å². The minimum Gasteiger partial charge on any atom is -0.508 e. The van der Waals surface area contributed by atoms with Crippen LogP contribution in [0.25, 0.3) is 39.0 Å². The molecule has 2 aromatic carbocycles. The lowest BCUT2D eigenvalue weighted by atomic mass is 9.96. The third kappa shape index (κ3) is 4.93. The standard InChI is InChI=1S/C30H21F3N6O4/c1-3-18-21(31)5-4-16-12-17(40)13-19(24(16)18)26-25(33)27-20(15-35-26)28(37-30(36-27)42-2)38-7-9-39(10-8-38)29(41)22(32)14-23-34-6-11-43-23/h1,4-6,11-15,40H,7-10H2,2H3/b22-14-. The zero-order chi connectivity index (χ0) is 30.2. The van der Waals surface area contributed by atoms with Crippen LogP contribution in [0.5, 0.6) is 11.8 Å². The van der Waals surface area contributed by atoms with Gasteiger partial charge in [-0.3, -0.25) is 9.78 Å². The lowest BCUT2D eigenvalue weighted by Gasteiger charge is -2.35. The van der Waals surface area contributed by atoms with Crippen LogP contribution in [0.4, 0.5) is 19.0 Å². The van der Waals surface area contributed by atoms with Crippen LogP contribution >= 0.6 is 0 Å². The van der Waals surface area contributed by atoms with Gasteiger partial charge in [0.2, 0.25) is 5.89 Å². The minimum atomic E-state index is -1.02. The summed E-state index contributed by atoms with van der Waals surface area (Å²) in [6.45, 7) is 0.754. The van der Waals surface area contributed by atoms with Crippen LogP contribution in [-0.4, -0.2) is 69.1 Å². The zero-order valence-electron chi connectivity index (χ0n) is 22.5. The number of phenols is 1. The van der Waals surface area contributed by atoms with Gasteiger partial charge in [-0.1, -0.05) is 12.0 Å². The Bertz CT molecular complexity index is 1970. The van der Waals surface area contributed by atoms with Crippen LogP contribution in [0, 0.1) is 24.0 Å². The first-order valence-corrected chi connectivity index (χ1v) is 12.9. The van der Waals surface area contributed by atoms with Crippen LogP contribution < -0.4 is 9.64 Å². The normalized spacial score (nSPS) is 13.9. The third-order valence-corrected chi connectivity index (χ3v) is 7.05. The number of benzene rings is 2. The van der Waals surface area contributed by atoms with E-state index in [9.17, 15) is 18.7 Å². The van der Waals surface area contributed by atoms with Gasteiger partial charge < -0.3 is 24.1 Å². The largest absolute Gasteiger partial charge is 0.508 e. The molecule has 1 N–H and O–H groups in total. The quantitative estimate of drug-likeness (QED) is 0.235. The van der Waals surface area contributed by atoms with Gasteiger partial charge in [0, 0.05) is 49.4 Å². The molecule has 3 aromatic heterocycles. The van der Waals surface area contributed by atoms with Crippen molar-refractivity contribution in [2.24, 2.45) is 0 Å². The average molecular weight is 587 g/mol. The molecule has 0 saturated carbocycles. The van der Waals surface area contributed by atoms with E-state index in [2.05, 4.69) is 25.9 Å². The van der Waals surface area contributed by atoms with Gasteiger partial charge in [0.15, 0.2) is 11.6 Å². The first kappa shape index (κ1) is 27.5. The van der Waals surface area contributed by atoms with Crippen LogP contribution in [0.2, 0.25) is 0 Å². The van der Waals surface area contributed by atoms with Crippen LogP contribution in [0.1, 0.15) is 11.5 Å². The lowest BCUT2D eigenvalue weighted by molar-refractivity contribution is -0.128. The number of anilines is 1. The number of ether oxygens (including phenoxy) is 1. The number of aromatic nitrogens is 4. The highest BCUT2D eigenvalue weighted by atomic mass is 19.1. The van der Waals surface area contributed by atoms with Gasteiger partial charge in [-0.2, -0.15) is 9.97 Å². The smallest absolute Gasteiger partial charge is 0.318 e. The fourth-order valence-electron chi connectivity index (χ4n) is 5.04. The number of carbonyl (C=O) groups is 1. The van der Waals surface area contributed by atoms with E-state index in [-0.39, 0.29) is 76.9 Å². The molecule has 13 heteroatoms. The number of fused-ring (bicyclic) bond motifs is 2. The number of nitrogens with zero attached hydrogens (tertiary/aromatic N) is 6. The van der Waals surface area contributed by atoms with Crippen molar-refractivity contribution in [2.75, 3.05) is 38.2 Å². The van der Waals surface area contributed by atoms with Crippen molar-refractivity contribution >= 4 is 39.5 Å². The van der Waals surface area contributed by atoms with Gasteiger partial charge in [-0.25, -0.2) is 18.2 Å². The van der Waals surface area contributed by atoms with Gasteiger partial charge in [-0.05, 0) is 23.6 Å². The number of terminal acetylenes is 1. The second kappa shape index (κ2) is 11.0.